The van der Waals surface area contributed by atoms with Crippen molar-refractivity contribution in [1.82, 2.24) is 0 Å². The molecule has 1 aromatic carbocycles. The summed E-state index contributed by atoms with van der Waals surface area (Å²) in [7, 11) is 0. The lowest BCUT2D eigenvalue weighted by Crippen LogP contribution is -2.24. The molecule has 1 rings (SSSR count). The first kappa shape index (κ1) is 10.9. The summed E-state index contributed by atoms with van der Waals surface area (Å²) in [6.07, 6.45) is -1.15. The number of hydrogen-bond donors (Lipinski definition) is 3. The average Bonchev–Trinajstić information content (AvgIpc) is 2.12. The van der Waals surface area contributed by atoms with E-state index in [-0.39, 0.29) is 5.56 Å². The second kappa shape index (κ2) is 3.89. The maximum atomic E-state index is 12.8. The minimum Gasteiger partial charge on any atom is -0.503 e. The maximum Gasteiger partial charge on any atom is 0.187 e. The molecular weight excluding hydrogens is 192 g/mol. The zero-order chi connectivity index (χ0) is 10.9. The van der Waals surface area contributed by atoms with Crippen LogP contribution < -0.4 is 5.73 Å². The van der Waals surface area contributed by atoms with Crippen LogP contribution in [-0.4, -0.2) is 16.3 Å². The third-order valence-corrected chi connectivity index (χ3v) is 1.88. The van der Waals surface area contributed by atoms with E-state index in [4.69, 9.17) is 10.8 Å². The van der Waals surface area contributed by atoms with Gasteiger partial charge >= 0.3 is 0 Å². The van der Waals surface area contributed by atoms with Gasteiger partial charge in [0.15, 0.2) is 17.4 Å². The van der Waals surface area contributed by atoms with Gasteiger partial charge in [-0.3, -0.25) is 0 Å². The summed E-state index contributed by atoms with van der Waals surface area (Å²) in [6.45, 7) is 1.51. The minimum atomic E-state index is -1.15. The van der Waals surface area contributed by atoms with Crippen molar-refractivity contribution >= 4 is 0 Å². The van der Waals surface area contributed by atoms with Crippen molar-refractivity contribution in [2.24, 2.45) is 5.73 Å². The summed E-state index contributed by atoms with van der Waals surface area (Å²) >= 11 is 0. The lowest BCUT2D eigenvalue weighted by molar-refractivity contribution is 0.152. The molecule has 0 aliphatic carbocycles. The van der Waals surface area contributed by atoms with Crippen LogP contribution in [-0.2, 0) is 0 Å². The number of rotatable bonds is 2. The molecule has 0 aliphatic rings. The SMILES string of the molecule is CC(N)C(O)c1cc(F)c(O)c(F)c1. The first-order valence-electron chi connectivity index (χ1n) is 4.05. The van der Waals surface area contributed by atoms with Crippen LogP contribution in [0.15, 0.2) is 12.1 Å². The Morgan fingerprint density at radius 1 is 1.29 bits per heavy atom. The quantitative estimate of drug-likeness (QED) is 0.673. The topological polar surface area (TPSA) is 66.5 Å². The van der Waals surface area contributed by atoms with Crippen LogP contribution in [0.1, 0.15) is 18.6 Å². The van der Waals surface area contributed by atoms with Gasteiger partial charge in [0.1, 0.15) is 0 Å². The van der Waals surface area contributed by atoms with Crippen LogP contribution in [0.25, 0.3) is 0 Å². The smallest absolute Gasteiger partial charge is 0.187 e. The van der Waals surface area contributed by atoms with Gasteiger partial charge in [0.2, 0.25) is 0 Å². The fourth-order valence-electron chi connectivity index (χ4n) is 1.06. The van der Waals surface area contributed by atoms with Crippen LogP contribution in [0.2, 0.25) is 0 Å². The van der Waals surface area contributed by atoms with Crippen molar-refractivity contribution in [3.8, 4) is 5.75 Å². The molecule has 0 aliphatic heterocycles. The van der Waals surface area contributed by atoms with Gasteiger partial charge in [-0.2, -0.15) is 0 Å². The van der Waals surface area contributed by atoms with E-state index in [9.17, 15) is 13.9 Å². The number of hydrogen-bond acceptors (Lipinski definition) is 3. The number of aliphatic hydroxyl groups excluding tert-OH is 1. The molecule has 0 bridgehead atoms. The first-order chi connectivity index (χ1) is 6.43. The Hall–Kier alpha value is -1.20. The molecule has 0 heterocycles. The average molecular weight is 203 g/mol. The third kappa shape index (κ3) is 2.00. The number of aromatic hydroxyl groups is 1. The van der Waals surface area contributed by atoms with Gasteiger partial charge in [-0.1, -0.05) is 0 Å². The van der Waals surface area contributed by atoms with Crippen molar-refractivity contribution < 1.29 is 19.0 Å². The molecule has 3 nitrogen and oxygen atoms in total. The Bertz CT molecular complexity index is 319. The highest BCUT2D eigenvalue weighted by Gasteiger charge is 2.17. The van der Waals surface area contributed by atoms with Gasteiger partial charge in [-0.05, 0) is 24.6 Å². The van der Waals surface area contributed by atoms with E-state index in [1.807, 2.05) is 0 Å². The number of nitrogens with two attached hydrogens (primary N) is 1. The van der Waals surface area contributed by atoms with E-state index in [0.29, 0.717) is 0 Å². The Kier molecular flexibility index (Phi) is 3.03. The Balaban J connectivity index is 3.12. The van der Waals surface area contributed by atoms with Crippen LogP contribution in [0, 0.1) is 11.6 Å². The summed E-state index contributed by atoms with van der Waals surface area (Å²) in [6, 6.07) is 1.07. The fraction of sp³-hybridized carbons (Fsp3) is 0.333. The number of phenolic OH excluding ortho intramolecular Hbond substituents is 1. The molecule has 0 fully saturated rings. The second-order valence-corrected chi connectivity index (χ2v) is 3.14. The summed E-state index contributed by atoms with van der Waals surface area (Å²) in [5.74, 6) is -3.27. The molecule has 0 saturated carbocycles. The molecule has 5 heteroatoms. The highest BCUT2D eigenvalue weighted by molar-refractivity contribution is 5.31. The van der Waals surface area contributed by atoms with Gasteiger partial charge in [0.05, 0.1) is 6.10 Å². The Morgan fingerprint density at radius 3 is 2.07 bits per heavy atom. The number of halogens is 2. The van der Waals surface area contributed by atoms with Gasteiger partial charge in [0.25, 0.3) is 0 Å². The number of benzene rings is 1. The van der Waals surface area contributed by atoms with Crippen molar-refractivity contribution in [2.75, 3.05) is 0 Å². The van der Waals surface area contributed by atoms with E-state index < -0.39 is 29.5 Å². The van der Waals surface area contributed by atoms with E-state index >= 15 is 0 Å². The molecule has 0 aromatic heterocycles. The molecule has 0 amide bonds. The van der Waals surface area contributed by atoms with Gasteiger partial charge in [-0.25, -0.2) is 8.78 Å². The van der Waals surface area contributed by atoms with Gasteiger partial charge in [0, 0.05) is 6.04 Å². The van der Waals surface area contributed by atoms with Crippen molar-refractivity contribution in [1.29, 1.82) is 0 Å². The molecule has 78 valence electrons. The molecular formula is C9H11F2NO2. The summed E-state index contributed by atoms with van der Waals surface area (Å²) in [4.78, 5) is 0. The van der Waals surface area contributed by atoms with Crippen molar-refractivity contribution in [3.63, 3.8) is 0 Å². The molecule has 2 unspecified atom stereocenters. The van der Waals surface area contributed by atoms with Crippen LogP contribution in [0.3, 0.4) is 0 Å². The summed E-state index contributed by atoms with van der Waals surface area (Å²) in [5, 5.41) is 18.2. The van der Waals surface area contributed by atoms with E-state index in [1.54, 1.807) is 0 Å². The largest absolute Gasteiger partial charge is 0.503 e. The minimum absolute atomic E-state index is 0.00722. The zero-order valence-corrected chi connectivity index (χ0v) is 7.54. The van der Waals surface area contributed by atoms with E-state index in [1.165, 1.54) is 6.92 Å². The van der Waals surface area contributed by atoms with Crippen LogP contribution in [0.4, 0.5) is 8.78 Å². The highest BCUT2D eigenvalue weighted by atomic mass is 19.1. The normalized spacial score (nSPS) is 15.2. The summed E-state index contributed by atoms with van der Waals surface area (Å²) < 4.78 is 25.6. The van der Waals surface area contributed by atoms with Gasteiger partial charge in [-0.15, -0.1) is 0 Å². The number of aliphatic hydroxyl groups is 1. The zero-order valence-electron chi connectivity index (χ0n) is 7.54. The fourth-order valence-corrected chi connectivity index (χ4v) is 1.06. The van der Waals surface area contributed by atoms with E-state index in [2.05, 4.69) is 0 Å². The lowest BCUT2D eigenvalue weighted by Gasteiger charge is -2.15. The molecule has 14 heavy (non-hydrogen) atoms. The molecule has 1 aromatic rings. The molecule has 2 atom stereocenters. The Labute approximate surface area is 79.8 Å². The number of phenols is 1. The van der Waals surface area contributed by atoms with Crippen LogP contribution >= 0.6 is 0 Å². The van der Waals surface area contributed by atoms with Crippen molar-refractivity contribution in [2.45, 2.75) is 19.1 Å². The third-order valence-electron chi connectivity index (χ3n) is 1.88. The predicted octanol–water partition coefficient (Wildman–Crippen LogP) is 1.05. The predicted molar refractivity (Wildman–Crippen MR) is 46.6 cm³/mol. The molecule has 0 saturated heterocycles. The molecule has 4 N–H and O–H groups in total. The molecule has 0 spiro atoms. The lowest BCUT2D eigenvalue weighted by atomic mass is 10.0. The highest BCUT2D eigenvalue weighted by Crippen LogP contribution is 2.25. The van der Waals surface area contributed by atoms with E-state index in [0.717, 1.165) is 12.1 Å². The second-order valence-electron chi connectivity index (χ2n) is 3.14. The van der Waals surface area contributed by atoms with Gasteiger partial charge < -0.3 is 15.9 Å². The standard InChI is InChI=1S/C9H11F2NO2/c1-4(12)8(13)5-2-6(10)9(14)7(11)3-5/h2-4,8,13-14H,12H2,1H3. The Morgan fingerprint density at radius 2 is 1.71 bits per heavy atom. The monoisotopic (exact) mass is 203 g/mol. The van der Waals surface area contributed by atoms with Crippen LogP contribution in [0.5, 0.6) is 5.75 Å². The first-order valence-corrected chi connectivity index (χ1v) is 4.05. The summed E-state index contributed by atoms with van der Waals surface area (Å²) in [5.41, 5.74) is 5.36. The van der Waals surface area contributed by atoms with Crippen molar-refractivity contribution in [3.05, 3.63) is 29.3 Å². The maximum absolute atomic E-state index is 12.8. The molecule has 0 radical (unpaired) electrons.